The number of hydrogen-bond acceptors (Lipinski definition) is 5. The van der Waals surface area contributed by atoms with Gasteiger partial charge in [0.2, 0.25) is 0 Å². The third-order valence-corrected chi connectivity index (χ3v) is 8.00. The standard InChI is InChI=1S/C18H28O3S.C8H16O2/c1-14-8-4-7-11-17(14)21-15(2)18(22(3,19)20)13-12-16-9-5-6-10-16;1-3-4-5-6-7-8(9)10-2/h4,7-8,11,15-16,18H,5-6,9-10,12-13H2,1-3H3;3-7H2,1-2H3. The molecule has 5 nitrogen and oxygen atoms in total. The van der Waals surface area contributed by atoms with E-state index in [1.54, 1.807) is 0 Å². The lowest BCUT2D eigenvalue weighted by Gasteiger charge is -2.25. The van der Waals surface area contributed by atoms with Gasteiger partial charge in [0.1, 0.15) is 11.9 Å². The minimum absolute atomic E-state index is 0.0869. The summed E-state index contributed by atoms with van der Waals surface area (Å²) in [6.07, 6.45) is 12.9. The van der Waals surface area contributed by atoms with Gasteiger partial charge in [0.25, 0.3) is 0 Å². The summed E-state index contributed by atoms with van der Waals surface area (Å²) < 4.78 is 34.8. The molecule has 2 atom stereocenters. The van der Waals surface area contributed by atoms with Crippen LogP contribution < -0.4 is 4.74 Å². The van der Waals surface area contributed by atoms with Crippen LogP contribution in [0.1, 0.15) is 90.0 Å². The molecule has 0 heterocycles. The SMILES string of the molecule is CCCCCCC(=O)OC.Cc1ccccc1OC(C)C(CCC1CCCC1)S(C)(=O)=O. The Morgan fingerprint density at radius 2 is 1.78 bits per heavy atom. The predicted octanol–water partition coefficient (Wildman–Crippen LogP) is 6.28. The molecule has 2 unspecified atom stereocenters. The molecule has 1 aromatic rings. The lowest BCUT2D eigenvalue weighted by atomic mass is 9.99. The first-order valence-corrected chi connectivity index (χ1v) is 14.1. The fraction of sp³-hybridized carbons (Fsp3) is 0.731. The van der Waals surface area contributed by atoms with E-state index in [4.69, 9.17) is 4.74 Å². The maximum absolute atomic E-state index is 12.2. The van der Waals surface area contributed by atoms with Crippen molar-refractivity contribution in [2.75, 3.05) is 13.4 Å². The molecule has 0 amide bonds. The summed E-state index contributed by atoms with van der Waals surface area (Å²) in [5.41, 5.74) is 1.04. The van der Waals surface area contributed by atoms with Crippen LogP contribution in [0.4, 0.5) is 0 Å². The molecule has 184 valence electrons. The van der Waals surface area contributed by atoms with E-state index in [1.165, 1.54) is 51.9 Å². The molecule has 1 aliphatic rings. The van der Waals surface area contributed by atoms with Gasteiger partial charge in [0.05, 0.1) is 12.4 Å². The Kier molecular flexibility index (Phi) is 13.6. The number of carbonyl (C=O) groups excluding carboxylic acids is 1. The van der Waals surface area contributed by atoms with Crippen LogP contribution in [0.2, 0.25) is 0 Å². The third-order valence-electron chi connectivity index (χ3n) is 6.28. The van der Waals surface area contributed by atoms with E-state index in [9.17, 15) is 13.2 Å². The van der Waals surface area contributed by atoms with E-state index < -0.39 is 15.1 Å². The second-order valence-corrected chi connectivity index (χ2v) is 11.3. The number of ether oxygens (including phenoxy) is 2. The topological polar surface area (TPSA) is 69.7 Å². The van der Waals surface area contributed by atoms with Crippen LogP contribution in [0.5, 0.6) is 5.75 Å². The lowest BCUT2D eigenvalue weighted by molar-refractivity contribution is -0.140. The number of esters is 1. The average Bonchev–Trinajstić information content (AvgIpc) is 3.26. The first-order chi connectivity index (χ1) is 15.2. The van der Waals surface area contributed by atoms with Crippen LogP contribution in [-0.4, -0.2) is 39.1 Å². The number of aryl methyl sites for hydroxylation is 1. The van der Waals surface area contributed by atoms with Gasteiger partial charge in [0.15, 0.2) is 9.84 Å². The number of rotatable bonds is 12. The van der Waals surface area contributed by atoms with Crippen LogP contribution in [0.15, 0.2) is 24.3 Å². The van der Waals surface area contributed by atoms with Crippen LogP contribution in [-0.2, 0) is 19.4 Å². The molecule has 0 bridgehead atoms. The summed E-state index contributed by atoms with van der Waals surface area (Å²) in [6.45, 7) is 6.01. The zero-order valence-corrected chi connectivity index (χ0v) is 21.6. The maximum Gasteiger partial charge on any atom is 0.305 e. The number of benzene rings is 1. The van der Waals surface area contributed by atoms with Crippen molar-refractivity contribution in [3.05, 3.63) is 29.8 Å². The monoisotopic (exact) mass is 468 g/mol. The first-order valence-electron chi connectivity index (χ1n) is 12.2. The van der Waals surface area contributed by atoms with Gasteiger partial charge in [-0.15, -0.1) is 0 Å². The van der Waals surface area contributed by atoms with Crippen molar-refractivity contribution in [1.29, 1.82) is 0 Å². The van der Waals surface area contributed by atoms with Crippen molar-refractivity contribution in [1.82, 2.24) is 0 Å². The van der Waals surface area contributed by atoms with Crippen LogP contribution in [0.25, 0.3) is 0 Å². The highest BCUT2D eigenvalue weighted by Crippen LogP contribution is 2.31. The summed E-state index contributed by atoms with van der Waals surface area (Å²) in [5, 5.41) is -0.423. The zero-order valence-electron chi connectivity index (χ0n) is 20.8. The van der Waals surface area contributed by atoms with Crippen LogP contribution in [0, 0.1) is 12.8 Å². The highest BCUT2D eigenvalue weighted by Gasteiger charge is 2.30. The van der Waals surface area contributed by atoms with E-state index in [-0.39, 0.29) is 12.1 Å². The summed E-state index contributed by atoms with van der Waals surface area (Å²) in [5.74, 6) is 1.40. The molecule has 1 aliphatic carbocycles. The Morgan fingerprint density at radius 1 is 1.12 bits per heavy atom. The minimum atomic E-state index is -3.11. The quantitative estimate of drug-likeness (QED) is 0.267. The highest BCUT2D eigenvalue weighted by atomic mass is 32.2. The normalized spacial score (nSPS) is 16.0. The molecular weight excluding hydrogens is 424 g/mol. The van der Waals surface area contributed by atoms with Crippen LogP contribution in [0.3, 0.4) is 0 Å². The molecule has 1 aromatic carbocycles. The molecule has 32 heavy (non-hydrogen) atoms. The van der Waals surface area contributed by atoms with E-state index in [0.717, 1.165) is 30.6 Å². The van der Waals surface area contributed by atoms with Gasteiger partial charge in [-0.3, -0.25) is 4.79 Å². The number of methoxy groups -OCH3 is 1. The van der Waals surface area contributed by atoms with E-state index >= 15 is 0 Å². The molecule has 2 rings (SSSR count). The van der Waals surface area contributed by atoms with Gasteiger partial charge in [-0.2, -0.15) is 0 Å². The molecule has 0 aromatic heterocycles. The predicted molar refractivity (Wildman–Crippen MR) is 132 cm³/mol. The van der Waals surface area contributed by atoms with E-state index in [1.807, 2.05) is 38.1 Å². The fourth-order valence-corrected chi connectivity index (χ4v) is 5.57. The lowest BCUT2D eigenvalue weighted by Crippen LogP contribution is -2.36. The molecule has 0 N–H and O–H groups in total. The van der Waals surface area contributed by atoms with Crippen molar-refractivity contribution < 1.29 is 22.7 Å². The summed E-state index contributed by atoms with van der Waals surface area (Å²) in [4.78, 5) is 10.6. The van der Waals surface area contributed by atoms with Crippen molar-refractivity contribution in [2.24, 2.45) is 5.92 Å². The van der Waals surface area contributed by atoms with Gasteiger partial charge < -0.3 is 9.47 Å². The van der Waals surface area contributed by atoms with Crippen LogP contribution >= 0.6 is 0 Å². The van der Waals surface area contributed by atoms with E-state index in [0.29, 0.717) is 18.8 Å². The number of unbranched alkanes of at least 4 members (excludes halogenated alkanes) is 3. The molecule has 1 saturated carbocycles. The Hall–Kier alpha value is -1.56. The maximum atomic E-state index is 12.2. The van der Waals surface area contributed by atoms with Gasteiger partial charge in [-0.1, -0.05) is 70.1 Å². The summed E-state index contributed by atoms with van der Waals surface area (Å²) in [6, 6.07) is 7.77. The first kappa shape index (κ1) is 28.5. The van der Waals surface area contributed by atoms with E-state index in [2.05, 4.69) is 11.7 Å². The third kappa shape index (κ3) is 11.3. The number of sulfone groups is 1. The molecule has 0 aliphatic heterocycles. The fourth-order valence-electron chi connectivity index (χ4n) is 4.26. The number of para-hydroxylation sites is 1. The van der Waals surface area contributed by atoms with Crippen molar-refractivity contribution in [3.63, 3.8) is 0 Å². The summed E-state index contributed by atoms with van der Waals surface area (Å²) >= 11 is 0. The molecule has 0 spiro atoms. The molecule has 0 saturated heterocycles. The van der Waals surface area contributed by atoms with Crippen molar-refractivity contribution in [3.8, 4) is 5.75 Å². The molecule has 6 heteroatoms. The Balaban J connectivity index is 0.000000433. The van der Waals surface area contributed by atoms with Gasteiger partial charge >= 0.3 is 5.97 Å². The average molecular weight is 469 g/mol. The van der Waals surface area contributed by atoms with Gasteiger partial charge in [0, 0.05) is 12.7 Å². The minimum Gasteiger partial charge on any atom is -0.489 e. The number of carbonyl (C=O) groups is 1. The smallest absolute Gasteiger partial charge is 0.305 e. The Morgan fingerprint density at radius 3 is 2.34 bits per heavy atom. The highest BCUT2D eigenvalue weighted by molar-refractivity contribution is 7.91. The Bertz CT molecular complexity index is 753. The molecule has 1 fully saturated rings. The molecular formula is C26H44O5S. The zero-order chi connectivity index (χ0) is 24.0. The molecule has 0 radical (unpaired) electrons. The summed E-state index contributed by atoms with van der Waals surface area (Å²) in [7, 11) is -1.68. The van der Waals surface area contributed by atoms with Gasteiger partial charge in [-0.05, 0) is 50.7 Å². The van der Waals surface area contributed by atoms with Gasteiger partial charge in [-0.25, -0.2) is 8.42 Å². The van der Waals surface area contributed by atoms with Crippen molar-refractivity contribution >= 4 is 15.8 Å². The number of hydrogen-bond donors (Lipinski definition) is 0. The van der Waals surface area contributed by atoms with Crippen molar-refractivity contribution in [2.45, 2.75) is 103 Å². The largest absolute Gasteiger partial charge is 0.489 e. The second kappa shape index (κ2) is 15.3. The second-order valence-electron chi connectivity index (χ2n) is 9.07. The Labute approximate surface area is 196 Å².